The Morgan fingerprint density at radius 1 is 1.00 bits per heavy atom. The Bertz CT molecular complexity index is 1440. The molecule has 0 saturated carbocycles. The molecule has 2 aromatic carbocycles. The van der Waals surface area contributed by atoms with Crippen LogP contribution < -0.4 is 15.4 Å². The first-order valence-electron chi connectivity index (χ1n) is 12.9. The maximum Gasteiger partial charge on any atom is 0.264 e. The molecule has 4 amide bonds. The van der Waals surface area contributed by atoms with E-state index in [1.54, 1.807) is 24.4 Å². The van der Waals surface area contributed by atoms with Crippen LogP contribution in [0.2, 0.25) is 0 Å². The van der Waals surface area contributed by atoms with Gasteiger partial charge in [-0.25, -0.2) is 4.98 Å². The van der Waals surface area contributed by atoms with Gasteiger partial charge in [-0.1, -0.05) is 6.07 Å². The number of carbonyl (C=O) groups excluding carboxylic acids is 4. The predicted octanol–water partition coefficient (Wildman–Crippen LogP) is 2.91. The molecule has 0 radical (unpaired) electrons. The summed E-state index contributed by atoms with van der Waals surface area (Å²) in [5.41, 5.74) is 1.62. The first-order chi connectivity index (χ1) is 19.0. The molecule has 39 heavy (non-hydrogen) atoms. The third kappa shape index (κ3) is 4.88. The zero-order valence-corrected chi connectivity index (χ0v) is 21.0. The molecule has 4 heterocycles. The van der Waals surface area contributed by atoms with Crippen LogP contribution in [-0.2, 0) is 20.9 Å². The number of benzene rings is 2. The number of oxazole rings is 1. The summed E-state index contributed by atoms with van der Waals surface area (Å²) in [5, 5.41) is 5.36. The van der Waals surface area contributed by atoms with Crippen molar-refractivity contribution in [3.8, 4) is 17.2 Å². The van der Waals surface area contributed by atoms with E-state index in [2.05, 4.69) is 15.6 Å². The molecule has 1 unspecified atom stereocenters. The summed E-state index contributed by atoms with van der Waals surface area (Å²) in [6, 6.07) is 11.4. The number of rotatable bonds is 7. The summed E-state index contributed by atoms with van der Waals surface area (Å²) >= 11 is 0. The highest BCUT2D eigenvalue weighted by Gasteiger charge is 2.45. The lowest BCUT2D eigenvalue weighted by Gasteiger charge is -2.27. The normalized spacial score (nSPS) is 19.7. The van der Waals surface area contributed by atoms with Gasteiger partial charge in [0.05, 0.1) is 37.1 Å². The molecule has 3 aromatic rings. The topological polar surface area (TPSA) is 140 Å². The maximum atomic E-state index is 13.3. The molecule has 3 aliphatic rings. The lowest BCUT2D eigenvalue weighted by atomic mass is 10.0. The summed E-state index contributed by atoms with van der Waals surface area (Å²) in [6.45, 7) is 1.64. The van der Waals surface area contributed by atoms with Gasteiger partial charge in [-0.05, 0) is 42.8 Å². The SMILES string of the molecule is O=C1CCC(N2C(=O)c3cccc(NCc4cnc(-c5ccc(OC6CCOCC6)cc5)o4)c3C2=O)C(=O)N1. The van der Waals surface area contributed by atoms with E-state index in [9.17, 15) is 19.2 Å². The van der Waals surface area contributed by atoms with Gasteiger partial charge in [-0.2, -0.15) is 0 Å². The second-order valence-electron chi connectivity index (χ2n) is 9.61. The fourth-order valence-electron chi connectivity index (χ4n) is 5.03. The number of nitrogens with zero attached hydrogens (tertiary/aromatic N) is 2. The number of anilines is 1. The Morgan fingerprint density at radius 3 is 2.56 bits per heavy atom. The molecule has 0 bridgehead atoms. The van der Waals surface area contributed by atoms with Crippen LogP contribution in [0.4, 0.5) is 5.69 Å². The van der Waals surface area contributed by atoms with Crippen molar-refractivity contribution in [3.63, 3.8) is 0 Å². The molecule has 11 heteroatoms. The summed E-state index contributed by atoms with van der Waals surface area (Å²) in [5.74, 6) is -0.439. The highest BCUT2D eigenvalue weighted by atomic mass is 16.5. The number of ether oxygens (including phenoxy) is 2. The lowest BCUT2D eigenvalue weighted by Crippen LogP contribution is -2.54. The van der Waals surface area contributed by atoms with Crippen LogP contribution in [0.1, 0.15) is 52.2 Å². The predicted molar refractivity (Wildman–Crippen MR) is 137 cm³/mol. The standard InChI is InChI=1S/C28H26N4O7/c33-23-9-8-22(25(34)31-23)32-27(35)20-2-1-3-21(24(20)28(32)36)29-14-19-15-30-26(39-19)16-4-6-17(7-5-16)38-18-10-12-37-13-11-18/h1-7,15,18,22,29H,8-14H2,(H,31,33,34). The molecule has 2 N–H and O–H groups in total. The van der Waals surface area contributed by atoms with Crippen LogP contribution in [0.3, 0.4) is 0 Å². The first kappa shape index (κ1) is 24.8. The summed E-state index contributed by atoms with van der Waals surface area (Å²) in [4.78, 5) is 55.4. The van der Waals surface area contributed by atoms with Gasteiger partial charge in [0, 0.05) is 30.5 Å². The Kier molecular flexibility index (Phi) is 6.57. The number of fused-ring (bicyclic) bond motifs is 1. The number of piperidine rings is 1. The van der Waals surface area contributed by atoms with Gasteiger partial charge in [0.25, 0.3) is 11.8 Å². The molecule has 1 aromatic heterocycles. The molecule has 11 nitrogen and oxygen atoms in total. The highest BCUT2D eigenvalue weighted by molar-refractivity contribution is 6.25. The average molecular weight is 531 g/mol. The van der Waals surface area contributed by atoms with Gasteiger partial charge in [-0.15, -0.1) is 0 Å². The number of imide groups is 2. The van der Waals surface area contributed by atoms with Crippen molar-refractivity contribution in [1.82, 2.24) is 15.2 Å². The van der Waals surface area contributed by atoms with E-state index in [4.69, 9.17) is 13.9 Å². The zero-order valence-electron chi connectivity index (χ0n) is 21.0. The second kappa shape index (κ2) is 10.3. The van der Waals surface area contributed by atoms with Gasteiger partial charge in [-0.3, -0.25) is 29.4 Å². The van der Waals surface area contributed by atoms with Crippen LogP contribution >= 0.6 is 0 Å². The van der Waals surface area contributed by atoms with E-state index in [-0.39, 0.29) is 36.6 Å². The summed E-state index contributed by atoms with van der Waals surface area (Å²) in [6.07, 6.45) is 3.66. The Balaban J connectivity index is 1.12. The van der Waals surface area contributed by atoms with Crippen molar-refractivity contribution < 1.29 is 33.1 Å². The number of nitrogens with one attached hydrogen (secondary N) is 2. The molecule has 1 atom stereocenters. The monoisotopic (exact) mass is 530 g/mol. The minimum Gasteiger partial charge on any atom is -0.490 e. The van der Waals surface area contributed by atoms with Crippen molar-refractivity contribution >= 4 is 29.3 Å². The van der Waals surface area contributed by atoms with E-state index in [0.29, 0.717) is 30.6 Å². The number of hydrogen-bond donors (Lipinski definition) is 2. The number of carbonyl (C=O) groups is 4. The van der Waals surface area contributed by atoms with Crippen LogP contribution in [0.15, 0.2) is 53.1 Å². The number of aromatic nitrogens is 1. The van der Waals surface area contributed by atoms with Gasteiger partial charge < -0.3 is 19.2 Å². The maximum absolute atomic E-state index is 13.3. The number of hydrogen-bond acceptors (Lipinski definition) is 9. The fraction of sp³-hybridized carbons (Fsp3) is 0.321. The quantitative estimate of drug-likeness (QED) is 0.441. The molecule has 2 saturated heterocycles. The van der Waals surface area contributed by atoms with Gasteiger partial charge in [0.15, 0.2) is 0 Å². The smallest absolute Gasteiger partial charge is 0.264 e. The largest absolute Gasteiger partial charge is 0.490 e. The van der Waals surface area contributed by atoms with Crippen molar-refractivity contribution in [1.29, 1.82) is 0 Å². The van der Waals surface area contributed by atoms with E-state index < -0.39 is 29.7 Å². The van der Waals surface area contributed by atoms with Gasteiger partial charge in [0.1, 0.15) is 23.7 Å². The highest BCUT2D eigenvalue weighted by Crippen LogP contribution is 2.33. The molecular formula is C28H26N4O7. The average Bonchev–Trinajstić information content (AvgIpc) is 3.52. The van der Waals surface area contributed by atoms with Crippen LogP contribution in [0.25, 0.3) is 11.5 Å². The Morgan fingerprint density at radius 2 is 1.79 bits per heavy atom. The minimum absolute atomic E-state index is 0.0639. The van der Waals surface area contributed by atoms with Crippen LogP contribution in [-0.4, -0.2) is 58.9 Å². The minimum atomic E-state index is -1.02. The molecule has 0 spiro atoms. The third-order valence-corrected chi connectivity index (χ3v) is 7.05. The molecule has 3 aliphatic heterocycles. The van der Waals surface area contributed by atoms with Crippen molar-refractivity contribution in [3.05, 3.63) is 65.5 Å². The van der Waals surface area contributed by atoms with Crippen molar-refractivity contribution in [2.45, 2.75) is 44.4 Å². The van der Waals surface area contributed by atoms with Crippen LogP contribution in [0.5, 0.6) is 5.75 Å². The van der Waals surface area contributed by atoms with Gasteiger partial charge in [0.2, 0.25) is 17.7 Å². The molecule has 0 aliphatic carbocycles. The second-order valence-corrected chi connectivity index (χ2v) is 9.61. The van der Waals surface area contributed by atoms with E-state index in [1.165, 1.54) is 0 Å². The molecular weight excluding hydrogens is 504 g/mol. The Hall–Kier alpha value is -4.51. The first-order valence-corrected chi connectivity index (χ1v) is 12.9. The number of amides is 4. The molecule has 200 valence electrons. The summed E-state index contributed by atoms with van der Waals surface area (Å²) in [7, 11) is 0. The summed E-state index contributed by atoms with van der Waals surface area (Å²) < 4.78 is 17.3. The van der Waals surface area contributed by atoms with E-state index >= 15 is 0 Å². The fourth-order valence-corrected chi connectivity index (χ4v) is 5.03. The lowest BCUT2D eigenvalue weighted by molar-refractivity contribution is -0.136. The Labute approximate surface area is 223 Å². The zero-order chi connectivity index (χ0) is 26.9. The molecule has 2 fully saturated rings. The van der Waals surface area contributed by atoms with Crippen LogP contribution in [0, 0.1) is 0 Å². The van der Waals surface area contributed by atoms with Crippen molar-refractivity contribution in [2.75, 3.05) is 18.5 Å². The van der Waals surface area contributed by atoms with Crippen molar-refractivity contribution in [2.24, 2.45) is 0 Å². The third-order valence-electron chi connectivity index (χ3n) is 7.05. The van der Waals surface area contributed by atoms with E-state index in [0.717, 1.165) is 29.1 Å². The molecule has 6 rings (SSSR count). The van der Waals surface area contributed by atoms with E-state index in [1.807, 2.05) is 24.3 Å². The van der Waals surface area contributed by atoms with Gasteiger partial charge >= 0.3 is 0 Å².